The molecular weight excluding hydrogens is 344 g/mol. The monoisotopic (exact) mass is 360 g/mol. The number of nitrogens with one attached hydrogen (secondary N) is 2. The van der Waals surface area contributed by atoms with Gasteiger partial charge in [-0.1, -0.05) is 12.1 Å². The summed E-state index contributed by atoms with van der Waals surface area (Å²) in [6, 6.07) is 9.03. The number of aryl methyl sites for hydroxylation is 1. The van der Waals surface area contributed by atoms with E-state index >= 15 is 0 Å². The minimum absolute atomic E-state index is 0.163. The number of anilines is 1. The van der Waals surface area contributed by atoms with Gasteiger partial charge in [-0.3, -0.25) is 4.72 Å². The maximum absolute atomic E-state index is 12.8. The van der Waals surface area contributed by atoms with Crippen LogP contribution >= 0.6 is 11.7 Å². The second-order valence-electron chi connectivity index (χ2n) is 5.86. The summed E-state index contributed by atoms with van der Waals surface area (Å²) in [6.07, 6.45) is 0.898. The highest BCUT2D eigenvalue weighted by Crippen LogP contribution is 2.27. The Morgan fingerprint density at radius 2 is 1.96 bits per heavy atom. The Morgan fingerprint density at radius 3 is 2.83 bits per heavy atom. The molecule has 0 fully saturated rings. The molecule has 2 aromatic carbocycles. The minimum Gasteiger partial charge on any atom is -0.312 e. The highest BCUT2D eigenvalue weighted by molar-refractivity contribution is 7.93. The van der Waals surface area contributed by atoms with Crippen molar-refractivity contribution in [3.8, 4) is 0 Å². The highest BCUT2D eigenvalue weighted by Gasteiger charge is 2.21. The van der Waals surface area contributed by atoms with Gasteiger partial charge in [0.05, 0.1) is 11.7 Å². The maximum atomic E-state index is 12.8. The molecule has 6 nitrogen and oxygen atoms in total. The van der Waals surface area contributed by atoms with Gasteiger partial charge >= 0.3 is 0 Å². The second kappa shape index (κ2) is 5.80. The fourth-order valence-electron chi connectivity index (χ4n) is 2.94. The standard InChI is InChI=1S/C16H16N4O2S2/c1-10-2-5-14(16-15(10)18-23-19-16)24(21,22)20-13-4-3-12-9-17-7-6-11(12)8-13/h2-5,8,17,20H,6-7,9H2,1H3. The Kier molecular flexibility index (Phi) is 3.75. The molecule has 0 spiro atoms. The van der Waals surface area contributed by atoms with E-state index in [0.717, 1.165) is 36.8 Å². The van der Waals surface area contributed by atoms with Gasteiger partial charge in [0.15, 0.2) is 0 Å². The summed E-state index contributed by atoms with van der Waals surface area (Å²) in [7, 11) is -3.71. The molecule has 4 rings (SSSR count). The lowest BCUT2D eigenvalue weighted by Crippen LogP contribution is -2.23. The summed E-state index contributed by atoms with van der Waals surface area (Å²) in [5.74, 6) is 0. The Bertz CT molecular complexity index is 1030. The highest BCUT2D eigenvalue weighted by atomic mass is 32.2. The molecule has 0 atom stereocenters. The van der Waals surface area contributed by atoms with Crippen molar-refractivity contribution in [1.29, 1.82) is 0 Å². The van der Waals surface area contributed by atoms with E-state index in [1.165, 1.54) is 11.1 Å². The zero-order chi connectivity index (χ0) is 16.7. The predicted octanol–water partition coefficient (Wildman–Crippen LogP) is 2.45. The van der Waals surface area contributed by atoms with Crippen LogP contribution in [0.1, 0.15) is 16.7 Å². The average molecular weight is 360 g/mol. The van der Waals surface area contributed by atoms with Crippen molar-refractivity contribution < 1.29 is 8.42 Å². The largest absolute Gasteiger partial charge is 0.312 e. The molecule has 2 N–H and O–H groups in total. The van der Waals surface area contributed by atoms with Gasteiger partial charge in [-0.15, -0.1) is 0 Å². The van der Waals surface area contributed by atoms with Gasteiger partial charge in [-0.25, -0.2) is 8.42 Å². The van der Waals surface area contributed by atoms with Crippen LogP contribution in [0, 0.1) is 6.92 Å². The van der Waals surface area contributed by atoms with E-state index in [2.05, 4.69) is 18.8 Å². The third kappa shape index (κ3) is 2.66. The van der Waals surface area contributed by atoms with Crippen molar-refractivity contribution in [1.82, 2.24) is 14.1 Å². The number of hydrogen-bond donors (Lipinski definition) is 2. The molecule has 0 aliphatic carbocycles. The number of fused-ring (bicyclic) bond motifs is 2. The van der Waals surface area contributed by atoms with Gasteiger partial charge in [0.2, 0.25) is 0 Å². The van der Waals surface area contributed by atoms with Crippen LogP contribution in [0.2, 0.25) is 0 Å². The first-order valence-electron chi connectivity index (χ1n) is 7.62. The normalized spacial score (nSPS) is 14.5. The molecule has 0 saturated heterocycles. The van der Waals surface area contributed by atoms with E-state index in [1.807, 2.05) is 19.1 Å². The van der Waals surface area contributed by atoms with Crippen LogP contribution in [0.15, 0.2) is 35.2 Å². The quantitative estimate of drug-likeness (QED) is 0.749. The van der Waals surface area contributed by atoms with Crippen LogP contribution in [0.5, 0.6) is 0 Å². The van der Waals surface area contributed by atoms with Crippen molar-refractivity contribution in [2.24, 2.45) is 0 Å². The summed E-state index contributed by atoms with van der Waals surface area (Å²) in [6.45, 7) is 3.63. The lowest BCUT2D eigenvalue weighted by Gasteiger charge is -2.18. The van der Waals surface area contributed by atoms with E-state index in [1.54, 1.807) is 18.2 Å². The number of nitrogens with zero attached hydrogens (tertiary/aromatic N) is 2. The Labute approximate surface area is 144 Å². The molecule has 2 heterocycles. The van der Waals surface area contributed by atoms with Crippen molar-refractivity contribution in [3.63, 3.8) is 0 Å². The van der Waals surface area contributed by atoms with Crippen LogP contribution < -0.4 is 10.0 Å². The molecule has 0 bridgehead atoms. The van der Waals surface area contributed by atoms with Gasteiger partial charge in [-0.05, 0) is 54.8 Å². The van der Waals surface area contributed by atoms with E-state index in [9.17, 15) is 8.42 Å². The van der Waals surface area contributed by atoms with E-state index in [4.69, 9.17) is 0 Å². The smallest absolute Gasteiger partial charge is 0.264 e. The minimum atomic E-state index is -3.71. The summed E-state index contributed by atoms with van der Waals surface area (Å²) < 4.78 is 36.6. The van der Waals surface area contributed by atoms with E-state index < -0.39 is 10.0 Å². The van der Waals surface area contributed by atoms with Gasteiger partial charge in [0.25, 0.3) is 10.0 Å². The first-order valence-corrected chi connectivity index (χ1v) is 9.83. The molecular formula is C16H16N4O2S2. The molecule has 124 valence electrons. The van der Waals surface area contributed by atoms with Crippen molar-refractivity contribution in [2.75, 3.05) is 11.3 Å². The lowest BCUT2D eigenvalue weighted by atomic mass is 10.0. The topological polar surface area (TPSA) is 84.0 Å². The zero-order valence-electron chi connectivity index (χ0n) is 13.0. The SMILES string of the molecule is Cc1ccc(S(=O)(=O)Nc2ccc3c(c2)CCNC3)c2nsnc12. The first-order chi connectivity index (χ1) is 11.5. The fourth-order valence-corrected chi connectivity index (χ4v) is 4.80. The number of aromatic nitrogens is 2. The summed E-state index contributed by atoms with van der Waals surface area (Å²) in [4.78, 5) is 0.163. The molecule has 24 heavy (non-hydrogen) atoms. The predicted molar refractivity (Wildman–Crippen MR) is 94.8 cm³/mol. The van der Waals surface area contributed by atoms with Crippen LogP contribution in [-0.2, 0) is 23.0 Å². The Morgan fingerprint density at radius 1 is 1.12 bits per heavy atom. The van der Waals surface area contributed by atoms with Crippen LogP contribution in [0.25, 0.3) is 11.0 Å². The van der Waals surface area contributed by atoms with Gasteiger partial charge < -0.3 is 5.32 Å². The second-order valence-corrected chi connectivity index (χ2v) is 8.04. The number of hydrogen-bond acceptors (Lipinski definition) is 6. The molecule has 0 unspecified atom stereocenters. The molecule has 0 amide bonds. The summed E-state index contributed by atoms with van der Waals surface area (Å²) in [5, 5.41) is 3.30. The van der Waals surface area contributed by atoms with Crippen molar-refractivity contribution in [2.45, 2.75) is 24.8 Å². The van der Waals surface area contributed by atoms with Crippen LogP contribution in [0.3, 0.4) is 0 Å². The van der Waals surface area contributed by atoms with Crippen LogP contribution in [-0.4, -0.2) is 23.7 Å². The van der Waals surface area contributed by atoms with Crippen molar-refractivity contribution in [3.05, 3.63) is 47.0 Å². The first kappa shape index (κ1) is 15.5. The molecule has 1 aliphatic heterocycles. The lowest BCUT2D eigenvalue weighted by molar-refractivity contribution is 0.602. The van der Waals surface area contributed by atoms with Gasteiger partial charge in [-0.2, -0.15) is 8.75 Å². The number of rotatable bonds is 3. The summed E-state index contributed by atoms with van der Waals surface area (Å²) >= 11 is 1.02. The Balaban J connectivity index is 1.73. The molecule has 1 aromatic heterocycles. The molecule has 3 aromatic rings. The van der Waals surface area contributed by atoms with Crippen molar-refractivity contribution >= 4 is 38.5 Å². The third-order valence-corrected chi connectivity index (χ3v) is 6.16. The fraction of sp³-hybridized carbons (Fsp3) is 0.250. The molecule has 0 radical (unpaired) electrons. The molecule has 8 heteroatoms. The van der Waals surface area contributed by atoms with Crippen LogP contribution in [0.4, 0.5) is 5.69 Å². The maximum Gasteiger partial charge on any atom is 0.264 e. The number of sulfonamides is 1. The third-order valence-electron chi connectivity index (χ3n) is 4.21. The average Bonchev–Trinajstić information content (AvgIpc) is 3.05. The van der Waals surface area contributed by atoms with E-state index in [0.29, 0.717) is 16.7 Å². The molecule has 0 saturated carbocycles. The Hall–Kier alpha value is -2.03. The zero-order valence-corrected chi connectivity index (χ0v) is 14.7. The number of benzene rings is 2. The van der Waals surface area contributed by atoms with Gasteiger partial charge in [0.1, 0.15) is 15.9 Å². The van der Waals surface area contributed by atoms with Gasteiger partial charge in [0, 0.05) is 12.2 Å². The summed E-state index contributed by atoms with van der Waals surface area (Å²) in [5.41, 5.74) is 4.95. The molecule has 1 aliphatic rings. The van der Waals surface area contributed by atoms with E-state index in [-0.39, 0.29) is 4.90 Å².